The number of halogens is 1. The second-order valence-corrected chi connectivity index (χ2v) is 5.97. The molecule has 0 aromatic heterocycles. The summed E-state index contributed by atoms with van der Waals surface area (Å²) >= 11 is 6.16. The number of methoxy groups -OCH3 is 1. The van der Waals surface area contributed by atoms with Crippen molar-refractivity contribution in [1.29, 1.82) is 0 Å². The van der Waals surface area contributed by atoms with Crippen LogP contribution in [0.3, 0.4) is 0 Å². The third-order valence-electron chi connectivity index (χ3n) is 3.41. The summed E-state index contributed by atoms with van der Waals surface area (Å²) in [6, 6.07) is 3.73. The Morgan fingerprint density at radius 2 is 1.95 bits per heavy atom. The van der Waals surface area contributed by atoms with Gasteiger partial charge in [-0.05, 0) is 32.8 Å². The lowest BCUT2D eigenvalue weighted by molar-refractivity contribution is 0.287. The van der Waals surface area contributed by atoms with Crippen LogP contribution in [-0.4, -0.2) is 19.3 Å². The van der Waals surface area contributed by atoms with Gasteiger partial charge in [0.15, 0.2) is 11.5 Å². The molecule has 3 nitrogen and oxygen atoms in total. The summed E-state index contributed by atoms with van der Waals surface area (Å²) in [5.41, 5.74) is 1.11. The van der Waals surface area contributed by atoms with Gasteiger partial charge in [-0.1, -0.05) is 25.4 Å². The fraction of sp³-hybridized carbons (Fsp3) is 0.625. The van der Waals surface area contributed by atoms with Gasteiger partial charge in [-0.15, -0.1) is 0 Å². The number of benzene rings is 1. The number of ether oxygens (including phenoxy) is 2. The van der Waals surface area contributed by atoms with E-state index in [0.717, 1.165) is 24.2 Å². The summed E-state index contributed by atoms with van der Waals surface area (Å²) < 4.78 is 11.2. The third-order valence-corrected chi connectivity index (χ3v) is 3.63. The minimum Gasteiger partial charge on any atom is -0.493 e. The average molecular weight is 300 g/mol. The van der Waals surface area contributed by atoms with E-state index in [1.807, 2.05) is 6.07 Å². The van der Waals surface area contributed by atoms with E-state index in [-0.39, 0.29) is 5.54 Å². The fourth-order valence-corrected chi connectivity index (χ4v) is 1.96. The minimum atomic E-state index is 0.0809. The van der Waals surface area contributed by atoms with Crippen LogP contribution in [0.5, 0.6) is 11.5 Å². The predicted octanol–water partition coefficient (Wildman–Crippen LogP) is 4.42. The summed E-state index contributed by atoms with van der Waals surface area (Å²) in [5, 5.41) is 4.19. The molecule has 0 atom stereocenters. The Morgan fingerprint density at radius 1 is 1.25 bits per heavy atom. The van der Waals surface area contributed by atoms with Gasteiger partial charge in [0, 0.05) is 28.7 Å². The Labute approximate surface area is 127 Å². The van der Waals surface area contributed by atoms with E-state index >= 15 is 0 Å². The Morgan fingerprint density at radius 3 is 2.50 bits per heavy atom. The first-order chi connectivity index (χ1) is 9.43. The topological polar surface area (TPSA) is 30.5 Å². The van der Waals surface area contributed by atoms with Crippen LogP contribution in [0.4, 0.5) is 0 Å². The van der Waals surface area contributed by atoms with E-state index in [4.69, 9.17) is 21.1 Å². The van der Waals surface area contributed by atoms with Gasteiger partial charge in [-0.25, -0.2) is 0 Å². The molecule has 0 aliphatic rings. The Bertz CT molecular complexity index is 433. The summed E-state index contributed by atoms with van der Waals surface area (Å²) in [6.45, 7) is 9.99. The molecule has 0 bridgehead atoms. The van der Waals surface area contributed by atoms with E-state index in [1.54, 1.807) is 13.2 Å². The maximum absolute atomic E-state index is 6.16. The van der Waals surface area contributed by atoms with E-state index in [2.05, 4.69) is 33.0 Å². The van der Waals surface area contributed by atoms with Gasteiger partial charge in [-0.2, -0.15) is 0 Å². The number of hydrogen-bond donors (Lipinski definition) is 1. The summed E-state index contributed by atoms with van der Waals surface area (Å²) in [7, 11) is 1.64. The first-order valence-electron chi connectivity index (χ1n) is 7.17. The van der Waals surface area contributed by atoms with Crippen LogP contribution in [0, 0.1) is 0 Å². The fourth-order valence-electron chi connectivity index (χ4n) is 1.73. The smallest absolute Gasteiger partial charge is 0.165 e. The van der Waals surface area contributed by atoms with Crippen molar-refractivity contribution in [2.24, 2.45) is 0 Å². The van der Waals surface area contributed by atoms with Crippen molar-refractivity contribution in [3.05, 3.63) is 22.7 Å². The lowest BCUT2D eigenvalue weighted by Gasteiger charge is -2.25. The van der Waals surface area contributed by atoms with Crippen LogP contribution >= 0.6 is 11.6 Å². The molecule has 1 N–H and O–H groups in total. The molecular weight excluding hydrogens is 274 g/mol. The zero-order valence-corrected chi connectivity index (χ0v) is 13.9. The van der Waals surface area contributed by atoms with Gasteiger partial charge in [0.2, 0.25) is 0 Å². The third kappa shape index (κ3) is 4.88. The molecule has 0 unspecified atom stereocenters. The zero-order chi connectivity index (χ0) is 15.2. The lowest BCUT2D eigenvalue weighted by atomic mass is 10.0. The van der Waals surface area contributed by atoms with Crippen LogP contribution in [0.25, 0.3) is 0 Å². The number of nitrogens with one attached hydrogen (secondary N) is 1. The quantitative estimate of drug-likeness (QED) is 0.771. The van der Waals surface area contributed by atoms with Crippen LogP contribution < -0.4 is 14.8 Å². The SMILES string of the molecule is CCCOc1c(CNC(C)(C)CC)cc(Cl)cc1OC. The molecule has 4 heteroatoms. The monoisotopic (exact) mass is 299 g/mol. The maximum atomic E-state index is 6.16. The first-order valence-corrected chi connectivity index (χ1v) is 7.55. The summed E-state index contributed by atoms with van der Waals surface area (Å²) in [4.78, 5) is 0. The van der Waals surface area contributed by atoms with Gasteiger partial charge in [0.1, 0.15) is 0 Å². The summed E-state index contributed by atoms with van der Waals surface area (Å²) in [6.07, 6.45) is 2.01. The van der Waals surface area contributed by atoms with Crippen molar-refractivity contribution >= 4 is 11.6 Å². The van der Waals surface area contributed by atoms with Crippen LogP contribution in [-0.2, 0) is 6.54 Å². The van der Waals surface area contributed by atoms with Crippen LogP contribution in [0.1, 0.15) is 46.1 Å². The van der Waals surface area contributed by atoms with Crippen molar-refractivity contribution in [1.82, 2.24) is 5.32 Å². The number of rotatable bonds is 8. The molecule has 1 rings (SSSR count). The van der Waals surface area contributed by atoms with E-state index in [0.29, 0.717) is 23.9 Å². The minimum absolute atomic E-state index is 0.0809. The van der Waals surface area contributed by atoms with Crippen molar-refractivity contribution in [3.8, 4) is 11.5 Å². The molecule has 0 saturated heterocycles. The Kier molecular flexibility index (Phi) is 6.63. The molecule has 0 amide bonds. The molecule has 1 aromatic rings. The van der Waals surface area contributed by atoms with Crippen LogP contribution in [0.15, 0.2) is 12.1 Å². The molecular formula is C16H26ClNO2. The predicted molar refractivity (Wildman–Crippen MR) is 85.0 cm³/mol. The van der Waals surface area contributed by atoms with Gasteiger partial charge < -0.3 is 14.8 Å². The van der Waals surface area contributed by atoms with Crippen molar-refractivity contribution < 1.29 is 9.47 Å². The van der Waals surface area contributed by atoms with Crippen molar-refractivity contribution in [2.45, 2.75) is 52.6 Å². The largest absolute Gasteiger partial charge is 0.493 e. The van der Waals surface area contributed by atoms with Gasteiger partial charge in [0.05, 0.1) is 13.7 Å². The second kappa shape index (κ2) is 7.75. The average Bonchev–Trinajstić information content (AvgIpc) is 2.43. The highest BCUT2D eigenvalue weighted by Gasteiger charge is 2.17. The molecule has 0 aliphatic heterocycles. The molecule has 20 heavy (non-hydrogen) atoms. The summed E-state index contributed by atoms with van der Waals surface area (Å²) in [5.74, 6) is 1.48. The standard InChI is InChI=1S/C16H26ClNO2/c1-6-8-20-15-12(11-18-16(3,4)7-2)9-13(17)10-14(15)19-5/h9-10,18H,6-8,11H2,1-5H3. The molecule has 0 heterocycles. The molecule has 0 spiro atoms. The van der Waals surface area contributed by atoms with Crippen LogP contribution in [0.2, 0.25) is 5.02 Å². The lowest BCUT2D eigenvalue weighted by Crippen LogP contribution is -2.37. The van der Waals surface area contributed by atoms with E-state index < -0.39 is 0 Å². The molecule has 1 aromatic carbocycles. The Hall–Kier alpha value is -0.930. The molecule has 114 valence electrons. The highest BCUT2D eigenvalue weighted by molar-refractivity contribution is 6.30. The van der Waals surface area contributed by atoms with E-state index in [1.165, 1.54) is 0 Å². The zero-order valence-electron chi connectivity index (χ0n) is 13.2. The highest BCUT2D eigenvalue weighted by Crippen LogP contribution is 2.35. The molecule has 0 aliphatic carbocycles. The first kappa shape index (κ1) is 17.1. The van der Waals surface area contributed by atoms with Gasteiger partial charge in [-0.3, -0.25) is 0 Å². The maximum Gasteiger partial charge on any atom is 0.165 e. The molecule has 0 fully saturated rings. The van der Waals surface area contributed by atoms with Gasteiger partial charge >= 0.3 is 0 Å². The van der Waals surface area contributed by atoms with E-state index in [9.17, 15) is 0 Å². The van der Waals surface area contributed by atoms with Crippen molar-refractivity contribution in [3.63, 3.8) is 0 Å². The molecule has 0 radical (unpaired) electrons. The molecule has 0 saturated carbocycles. The van der Waals surface area contributed by atoms with Crippen molar-refractivity contribution in [2.75, 3.05) is 13.7 Å². The normalized spacial score (nSPS) is 11.5. The van der Waals surface area contributed by atoms with Gasteiger partial charge in [0.25, 0.3) is 0 Å². The number of hydrogen-bond acceptors (Lipinski definition) is 3. The Balaban J connectivity index is 2.99. The second-order valence-electron chi connectivity index (χ2n) is 5.54. The highest BCUT2D eigenvalue weighted by atomic mass is 35.5.